The number of nitrogens with one attached hydrogen (secondary N) is 3. The summed E-state index contributed by atoms with van der Waals surface area (Å²) in [7, 11) is 0. The fourth-order valence-electron chi connectivity index (χ4n) is 2.00. The molecule has 0 bridgehead atoms. The van der Waals surface area contributed by atoms with Crippen LogP contribution in [-0.2, 0) is 20.8 Å². The Balaban J connectivity index is 1.65. The van der Waals surface area contributed by atoms with Crippen molar-refractivity contribution in [2.75, 3.05) is 18.4 Å². The van der Waals surface area contributed by atoms with Crippen LogP contribution in [-0.4, -0.2) is 30.8 Å². The molecule has 2 aromatic carbocycles. The van der Waals surface area contributed by atoms with Gasteiger partial charge in [-0.25, -0.2) is 0 Å². The molecule has 0 aromatic heterocycles. The van der Waals surface area contributed by atoms with E-state index in [1.807, 2.05) is 30.3 Å². The van der Waals surface area contributed by atoms with Crippen molar-refractivity contribution in [3.63, 3.8) is 0 Å². The minimum Gasteiger partial charge on any atom is -0.347 e. The molecular formula is C18H18BrN3O3. The Bertz CT molecular complexity index is 733. The van der Waals surface area contributed by atoms with Crippen molar-refractivity contribution in [3.8, 4) is 0 Å². The van der Waals surface area contributed by atoms with E-state index < -0.39 is 5.91 Å². The average molecular weight is 404 g/mol. The van der Waals surface area contributed by atoms with E-state index in [1.54, 1.807) is 24.3 Å². The molecule has 0 aliphatic carbocycles. The molecule has 6 nitrogen and oxygen atoms in total. The molecule has 0 spiro atoms. The van der Waals surface area contributed by atoms with Crippen LogP contribution in [0.15, 0.2) is 59.1 Å². The number of carbonyl (C=O) groups is 3. The molecule has 2 rings (SSSR count). The van der Waals surface area contributed by atoms with Crippen LogP contribution in [0.25, 0.3) is 0 Å². The van der Waals surface area contributed by atoms with Crippen molar-refractivity contribution in [1.82, 2.24) is 10.6 Å². The van der Waals surface area contributed by atoms with Gasteiger partial charge in [-0.1, -0.05) is 46.3 Å². The Morgan fingerprint density at radius 1 is 0.760 bits per heavy atom. The topological polar surface area (TPSA) is 87.3 Å². The molecule has 25 heavy (non-hydrogen) atoms. The highest BCUT2D eigenvalue weighted by Gasteiger charge is 2.08. The largest absolute Gasteiger partial charge is 0.347 e. The van der Waals surface area contributed by atoms with Crippen LogP contribution < -0.4 is 16.0 Å². The quantitative estimate of drug-likeness (QED) is 0.659. The summed E-state index contributed by atoms with van der Waals surface area (Å²) in [6.07, 6.45) is 0.207. The van der Waals surface area contributed by atoms with E-state index in [2.05, 4.69) is 31.9 Å². The summed E-state index contributed by atoms with van der Waals surface area (Å²) in [5.41, 5.74) is 1.51. The van der Waals surface area contributed by atoms with Gasteiger partial charge >= 0.3 is 0 Å². The predicted molar refractivity (Wildman–Crippen MR) is 98.9 cm³/mol. The number of benzene rings is 2. The zero-order chi connectivity index (χ0) is 18.1. The maximum Gasteiger partial charge on any atom is 0.243 e. The van der Waals surface area contributed by atoms with Crippen LogP contribution >= 0.6 is 15.9 Å². The van der Waals surface area contributed by atoms with Crippen molar-refractivity contribution in [2.45, 2.75) is 6.42 Å². The van der Waals surface area contributed by atoms with Gasteiger partial charge in [-0.05, 0) is 29.8 Å². The smallest absolute Gasteiger partial charge is 0.243 e. The highest BCUT2D eigenvalue weighted by Crippen LogP contribution is 2.13. The number of amides is 3. The van der Waals surface area contributed by atoms with E-state index in [1.165, 1.54) is 0 Å². The molecular weight excluding hydrogens is 386 g/mol. The number of halogens is 1. The second kappa shape index (κ2) is 9.58. The monoisotopic (exact) mass is 403 g/mol. The molecule has 0 aliphatic heterocycles. The van der Waals surface area contributed by atoms with Crippen molar-refractivity contribution in [2.24, 2.45) is 0 Å². The third-order valence-electron chi connectivity index (χ3n) is 3.23. The second-order valence-corrected chi connectivity index (χ2v) is 6.19. The molecule has 0 radical (unpaired) electrons. The first kappa shape index (κ1) is 18.7. The molecule has 2 aromatic rings. The molecule has 0 aliphatic rings. The maximum atomic E-state index is 11.8. The molecule has 0 atom stereocenters. The highest BCUT2D eigenvalue weighted by molar-refractivity contribution is 9.10. The van der Waals surface area contributed by atoms with Gasteiger partial charge in [-0.3, -0.25) is 14.4 Å². The summed E-state index contributed by atoms with van der Waals surface area (Å²) in [6.45, 7) is -0.333. The molecule has 0 saturated carbocycles. The molecule has 3 N–H and O–H groups in total. The normalized spacial score (nSPS) is 9.96. The first-order valence-corrected chi connectivity index (χ1v) is 8.45. The Kier molecular flexibility index (Phi) is 7.16. The Labute approximate surface area is 154 Å². The van der Waals surface area contributed by atoms with Crippen molar-refractivity contribution >= 4 is 39.3 Å². The number of rotatable bonds is 7. The van der Waals surface area contributed by atoms with Gasteiger partial charge in [0.15, 0.2) is 0 Å². The summed E-state index contributed by atoms with van der Waals surface area (Å²) in [4.78, 5) is 35.2. The fourth-order valence-corrected chi connectivity index (χ4v) is 2.27. The van der Waals surface area contributed by atoms with Crippen LogP contribution in [0.4, 0.5) is 5.69 Å². The van der Waals surface area contributed by atoms with Gasteiger partial charge in [0, 0.05) is 10.2 Å². The van der Waals surface area contributed by atoms with E-state index in [0.717, 1.165) is 10.0 Å². The number of hydrogen-bond acceptors (Lipinski definition) is 3. The first-order valence-electron chi connectivity index (χ1n) is 7.65. The molecule has 130 valence electrons. The minimum absolute atomic E-state index is 0.163. The molecule has 0 unspecified atom stereocenters. The fraction of sp³-hybridized carbons (Fsp3) is 0.167. The third kappa shape index (κ3) is 7.17. The lowest BCUT2D eigenvalue weighted by Crippen LogP contribution is -2.40. The van der Waals surface area contributed by atoms with Gasteiger partial charge in [0.25, 0.3) is 0 Å². The molecule has 3 amide bonds. The number of hydrogen-bond donors (Lipinski definition) is 3. The van der Waals surface area contributed by atoms with E-state index in [4.69, 9.17) is 0 Å². The standard InChI is InChI=1S/C18H18BrN3O3/c19-14-6-8-15(9-7-14)22-18(25)12-21-17(24)11-20-16(23)10-13-4-2-1-3-5-13/h1-9H,10-12H2,(H,20,23)(H,21,24)(H,22,25). The number of anilines is 1. The summed E-state index contributed by atoms with van der Waals surface area (Å²) < 4.78 is 0.907. The van der Waals surface area contributed by atoms with Gasteiger partial charge in [0.2, 0.25) is 17.7 Å². The van der Waals surface area contributed by atoms with Crippen LogP contribution in [0.2, 0.25) is 0 Å². The first-order chi connectivity index (χ1) is 12.0. The second-order valence-electron chi connectivity index (χ2n) is 5.27. The van der Waals surface area contributed by atoms with Gasteiger partial charge in [-0.2, -0.15) is 0 Å². The van der Waals surface area contributed by atoms with E-state index in [9.17, 15) is 14.4 Å². The molecule has 0 saturated heterocycles. The zero-order valence-corrected chi connectivity index (χ0v) is 15.0. The Morgan fingerprint density at radius 3 is 2.04 bits per heavy atom. The van der Waals surface area contributed by atoms with Gasteiger partial charge < -0.3 is 16.0 Å². The molecule has 7 heteroatoms. The lowest BCUT2D eigenvalue weighted by Gasteiger charge is -2.08. The van der Waals surface area contributed by atoms with Gasteiger partial charge in [0.1, 0.15) is 0 Å². The van der Waals surface area contributed by atoms with E-state index >= 15 is 0 Å². The minimum atomic E-state index is -0.424. The van der Waals surface area contributed by atoms with Gasteiger partial charge in [0.05, 0.1) is 19.5 Å². The van der Waals surface area contributed by atoms with E-state index in [0.29, 0.717) is 5.69 Å². The van der Waals surface area contributed by atoms with E-state index in [-0.39, 0.29) is 31.3 Å². The van der Waals surface area contributed by atoms with Gasteiger partial charge in [-0.15, -0.1) is 0 Å². The summed E-state index contributed by atoms with van der Waals surface area (Å²) in [5, 5.41) is 7.64. The maximum absolute atomic E-state index is 11.8. The summed E-state index contributed by atoms with van der Waals surface area (Å²) >= 11 is 3.31. The number of carbonyl (C=O) groups excluding carboxylic acids is 3. The lowest BCUT2D eigenvalue weighted by atomic mass is 10.1. The molecule has 0 fully saturated rings. The average Bonchev–Trinajstić information content (AvgIpc) is 2.61. The van der Waals surface area contributed by atoms with Crippen molar-refractivity contribution in [3.05, 3.63) is 64.6 Å². The zero-order valence-electron chi connectivity index (χ0n) is 13.4. The van der Waals surface area contributed by atoms with Crippen LogP contribution in [0.1, 0.15) is 5.56 Å². The Morgan fingerprint density at radius 2 is 1.36 bits per heavy atom. The third-order valence-corrected chi connectivity index (χ3v) is 3.76. The lowest BCUT2D eigenvalue weighted by molar-refractivity contribution is -0.126. The van der Waals surface area contributed by atoms with Crippen LogP contribution in [0, 0.1) is 0 Å². The SMILES string of the molecule is O=C(CNC(=O)Cc1ccccc1)NCC(=O)Nc1ccc(Br)cc1. The van der Waals surface area contributed by atoms with Crippen LogP contribution in [0.3, 0.4) is 0 Å². The predicted octanol–water partition coefficient (Wildman–Crippen LogP) is 1.86. The summed E-state index contributed by atoms with van der Waals surface area (Å²) in [5.74, 6) is -1.01. The Hall–Kier alpha value is -2.67. The highest BCUT2D eigenvalue weighted by atomic mass is 79.9. The molecule has 0 heterocycles. The van der Waals surface area contributed by atoms with Crippen molar-refractivity contribution < 1.29 is 14.4 Å². The van der Waals surface area contributed by atoms with Crippen LogP contribution in [0.5, 0.6) is 0 Å². The summed E-state index contributed by atoms with van der Waals surface area (Å²) in [6, 6.07) is 16.3. The van der Waals surface area contributed by atoms with Crippen molar-refractivity contribution in [1.29, 1.82) is 0 Å².